The molecule has 0 fully saturated rings. The molecule has 0 aliphatic carbocycles. The molecular weight excluding hydrogens is 264 g/mol. The first-order valence-electron chi connectivity index (χ1n) is 6.37. The second-order valence-corrected chi connectivity index (χ2v) is 4.38. The number of carbonyl (C=O) groups is 2. The minimum atomic E-state index is -1.16. The van der Waals surface area contributed by atoms with Gasteiger partial charge in [-0.05, 0) is 6.42 Å². The van der Waals surface area contributed by atoms with E-state index in [9.17, 15) is 14.7 Å². The second-order valence-electron chi connectivity index (χ2n) is 4.38. The van der Waals surface area contributed by atoms with Crippen molar-refractivity contribution in [2.45, 2.75) is 19.4 Å². The van der Waals surface area contributed by atoms with Crippen molar-refractivity contribution < 1.29 is 19.8 Å². The largest absolute Gasteiger partial charge is 0.479 e. The van der Waals surface area contributed by atoms with Gasteiger partial charge in [0, 0.05) is 31.9 Å². The van der Waals surface area contributed by atoms with E-state index >= 15 is 0 Å². The van der Waals surface area contributed by atoms with E-state index in [4.69, 9.17) is 5.11 Å². The molecule has 0 saturated carbocycles. The molecule has 1 aromatic rings. The monoisotopic (exact) mass is 284 g/mol. The molecule has 2 amide bonds. The number of aromatic nitrogens is 2. The number of aliphatic hydroxyl groups excluding tert-OH is 1. The predicted octanol–water partition coefficient (Wildman–Crippen LogP) is -0.0403. The van der Waals surface area contributed by atoms with Crippen molar-refractivity contribution in [3.8, 4) is 0 Å². The van der Waals surface area contributed by atoms with E-state index in [2.05, 4.69) is 10.4 Å². The molecule has 0 radical (unpaired) electrons. The molecule has 1 rings (SSSR count). The molecule has 1 aromatic heterocycles. The molecule has 1 atom stereocenters. The molecule has 0 bridgehead atoms. The number of rotatable bonds is 7. The van der Waals surface area contributed by atoms with Crippen LogP contribution in [0.4, 0.5) is 4.79 Å². The van der Waals surface area contributed by atoms with Crippen LogP contribution in [0.1, 0.15) is 24.9 Å². The van der Waals surface area contributed by atoms with E-state index in [-0.39, 0.29) is 13.2 Å². The fraction of sp³-hybridized carbons (Fsp3) is 0.583. The van der Waals surface area contributed by atoms with Crippen LogP contribution in [-0.2, 0) is 11.8 Å². The van der Waals surface area contributed by atoms with Gasteiger partial charge in [-0.2, -0.15) is 5.10 Å². The number of aliphatic carboxylic acids is 1. The van der Waals surface area contributed by atoms with Gasteiger partial charge in [-0.3, -0.25) is 4.68 Å². The molecule has 0 aliphatic rings. The summed E-state index contributed by atoms with van der Waals surface area (Å²) in [6.45, 7) is 2.34. The first-order chi connectivity index (χ1) is 9.49. The zero-order chi connectivity index (χ0) is 15.1. The number of hydrogen-bond donors (Lipinski definition) is 3. The molecule has 0 spiro atoms. The van der Waals surface area contributed by atoms with Crippen molar-refractivity contribution in [1.29, 1.82) is 0 Å². The van der Waals surface area contributed by atoms with Crippen LogP contribution in [0.2, 0.25) is 0 Å². The highest BCUT2D eigenvalue weighted by Gasteiger charge is 2.25. The van der Waals surface area contributed by atoms with E-state index in [0.29, 0.717) is 12.1 Å². The van der Waals surface area contributed by atoms with Gasteiger partial charge in [0.15, 0.2) is 6.04 Å². The summed E-state index contributed by atoms with van der Waals surface area (Å²) < 4.78 is 1.47. The molecule has 20 heavy (non-hydrogen) atoms. The lowest BCUT2D eigenvalue weighted by atomic mass is 10.1. The van der Waals surface area contributed by atoms with Crippen LogP contribution in [-0.4, -0.2) is 56.6 Å². The molecule has 1 unspecified atom stereocenters. The zero-order valence-electron chi connectivity index (χ0n) is 11.6. The molecule has 112 valence electrons. The van der Waals surface area contributed by atoms with Crippen molar-refractivity contribution in [2.75, 3.05) is 19.7 Å². The second kappa shape index (κ2) is 7.49. The van der Waals surface area contributed by atoms with Crippen molar-refractivity contribution in [2.24, 2.45) is 7.05 Å². The van der Waals surface area contributed by atoms with Gasteiger partial charge in [-0.1, -0.05) is 6.92 Å². The van der Waals surface area contributed by atoms with Crippen LogP contribution >= 0.6 is 0 Å². The number of urea groups is 1. The number of carboxylic acid groups (broad SMARTS) is 1. The van der Waals surface area contributed by atoms with Crippen LogP contribution in [0.25, 0.3) is 0 Å². The normalized spacial score (nSPS) is 11.9. The summed E-state index contributed by atoms with van der Waals surface area (Å²) >= 11 is 0. The van der Waals surface area contributed by atoms with Crippen LogP contribution < -0.4 is 5.32 Å². The summed E-state index contributed by atoms with van der Waals surface area (Å²) in [4.78, 5) is 24.7. The van der Waals surface area contributed by atoms with Crippen LogP contribution in [0.15, 0.2) is 12.4 Å². The Morgan fingerprint density at radius 2 is 2.20 bits per heavy atom. The topological polar surface area (TPSA) is 108 Å². The predicted molar refractivity (Wildman–Crippen MR) is 71.1 cm³/mol. The maximum absolute atomic E-state index is 12.0. The molecule has 3 N–H and O–H groups in total. The average Bonchev–Trinajstić information content (AvgIpc) is 2.81. The number of aliphatic hydroxyl groups is 1. The summed E-state index contributed by atoms with van der Waals surface area (Å²) in [5.41, 5.74) is 0.397. The van der Waals surface area contributed by atoms with Crippen LogP contribution in [0.3, 0.4) is 0 Å². The highest BCUT2D eigenvalue weighted by atomic mass is 16.4. The molecule has 0 aliphatic heterocycles. The fourth-order valence-corrected chi connectivity index (χ4v) is 1.80. The van der Waals surface area contributed by atoms with E-state index < -0.39 is 18.0 Å². The molecule has 8 heteroatoms. The first kappa shape index (κ1) is 16.0. The summed E-state index contributed by atoms with van der Waals surface area (Å²) in [5.74, 6) is -1.16. The summed E-state index contributed by atoms with van der Waals surface area (Å²) in [6, 6.07) is -1.67. The Bertz CT molecular complexity index is 454. The first-order valence-corrected chi connectivity index (χ1v) is 6.37. The zero-order valence-corrected chi connectivity index (χ0v) is 11.6. The minimum Gasteiger partial charge on any atom is -0.479 e. The summed E-state index contributed by atoms with van der Waals surface area (Å²) in [6.07, 6.45) is 3.66. The Kier molecular flexibility index (Phi) is 5.98. The van der Waals surface area contributed by atoms with Crippen molar-refractivity contribution in [1.82, 2.24) is 20.0 Å². The highest BCUT2D eigenvalue weighted by Crippen LogP contribution is 2.12. The van der Waals surface area contributed by atoms with Gasteiger partial charge in [0.05, 0.1) is 12.8 Å². The van der Waals surface area contributed by atoms with E-state index in [1.165, 1.54) is 22.0 Å². The van der Waals surface area contributed by atoms with Crippen molar-refractivity contribution >= 4 is 12.0 Å². The number of hydrogen-bond acceptors (Lipinski definition) is 4. The van der Waals surface area contributed by atoms with Gasteiger partial charge in [0.2, 0.25) is 0 Å². The third kappa shape index (κ3) is 4.23. The minimum absolute atomic E-state index is 0.166. The average molecular weight is 284 g/mol. The highest BCUT2D eigenvalue weighted by molar-refractivity contribution is 5.83. The standard InChI is InChI=1S/C12H20N4O4/c1-3-4-16(5-6-17)12(20)14-10(11(18)19)9-7-13-15(2)8-9/h7-8,10,17H,3-6H2,1-2H3,(H,14,20)(H,18,19). The summed E-state index contributed by atoms with van der Waals surface area (Å²) in [7, 11) is 1.67. The van der Waals surface area contributed by atoms with Crippen LogP contribution in [0.5, 0.6) is 0 Å². The van der Waals surface area contributed by atoms with Gasteiger partial charge in [0.1, 0.15) is 0 Å². The van der Waals surface area contributed by atoms with Gasteiger partial charge in [-0.15, -0.1) is 0 Å². The number of carboxylic acids is 1. The van der Waals surface area contributed by atoms with E-state index in [0.717, 1.165) is 6.42 Å². The maximum Gasteiger partial charge on any atom is 0.331 e. The Balaban J connectivity index is 2.79. The Morgan fingerprint density at radius 1 is 1.50 bits per heavy atom. The third-order valence-electron chi connectivity index (χ3n) is 2.72. The Morgan fingerprint density at radius 3 is 2.65 bits per heavy atom. The maximum atomic E-state index is 12.0. The number of nitrogens with one attached hydrogen (secondary N) is 1. The number of amides is 2. The molecule has 8 nitrogen and oxygen atoms in total. The molecule has 1 heterocycles. The fourth-order valence-electron chi connectivity index (χ4n) is 1.80. The lowest BCUT2D eigenvalue weighted by Crippen LogP contribution is -2.45. The SMILES string of the molecule is CCCN(CCO)C(=O)NC(C(=O)O)c1cnn(C)c1. The third-order valence-corrected chi connectivity index (χ3v) is 2.72. The van der Waals surface area contributed by atoms with Gasteiger partial charge in [-0.25, -0.2) is 9.59 Å². The van der Waals surface area contributed by atoms with Crippen LogP contribution in [0, 0.1) is 0 Å². The number of aryl methyl sites for hydroxylation is 1. The van der Waals surface area contributed by atoms with Gasteiger partial charge >= 0.3 is 12.0 Å². The Hall–Kier alpha value is -2.09. The van der Waals surface area contributed by atoms with Gasteiger partial charge < -0.3 is 20.4 Å². The summed E-state index contributed by atoms with van der Waals surface area (Å²) in [5, 5.41) is 24.5. The van der Waals surface area contributed by atoms with Crippen molar-refractivity contribution in [3.05, 3.63) is 18.0 Å². The quantitative estimate of drug-likeness (QED) is 0.651. The lowest BCUT2D eigenvalue weighted by Gasteiger charge is -2.23. The number of carbonyl (C=O) groups excluding carboxylic acids is 1. The number of nitrogens with zero attached hydrogens (tertiary/aromatic N) is 3. The van der Waals surface area contributed by atoms with Crippen molar-refractivity contribution in [3.63, 3.8) is 0 Å². The van der Waals surface area contributed by atoms with E-state index in [1.54, 1.807) is 7.05 Å². The van der Waals surface area contributed by atoms with Gasteiger partial charge in [0.25, 0.3) is 0 Å². The lowest BCUT2D eigenvalue weighted by molar-refractivity contribution is -0.139. The molecule has 0 saturated heterocycles. The van der Waals surface area contributed by atoms with E-state index in [1.807, 2.05) is 6.92 Å². The smallest absolute Gasteiger partial charge is 0.331 e. The Labute approximate surface area is 117 Å². The molecule has 0 aromatic carbocycles. The molecular formula is C12H20N4O4.